The molecule has 12 heteroatoms. The van der Waals surface area contributed by atoms with Crippen molar-refractivity contribution in [3.05, 3.63) is 137 Å². The number of hydrogen-bond donors (Lipinski definition) is 2. The highest BCUT2D eigenvalue weighted by Gasteiger charge is 2.40. The average molecular weight is 764 g/mol. The van der Waals surface area contributed by atoms with Crippen molar-refractivity contribution in [3.8, 4) is 0 Å². The molecule has 0 saturated heterocycles. The van der Waals surface area contributed by atoms with Gasteiger partial charge in [-0.1, -0.05) is 68.5 Å². The monoisotopic (exact) mass is 763 g/mol. The van der Waals surface area contributed by atoms with E-state index in [-0.39, 0.29) is 42.9 Å². The van der Waals surface area contributed by atoms with E-state index in [0.29, 0.717) is 53.3 Å². The Bertz CT molecular complexity index is 2310. The zero-order chi connectivity index (χ0) is 40.4. The van der Waals surface area contributed by atoms with E-state index in [1.54, 1.807) is 35.3 Å². The van der Waals surface area contributed by atoms with Crippen LogP contribution >= 0.6 is 0 Å². The molecule has 2 aliphatic rings. The smallest absolute Gasteiger partial charge is 0.330 e. The molecular formula is C45H49N9O3. The lowest BCUT2D eigenvalue weighted by molar-refractivity contribution is -0.124. The Morgan fingerprint density at radius 3 is 2.42 bits per heavy atom. The number of rotatable bonds is 12. The number of benzene rings is 3. The van der Waals surface area contributed by atoms with Crippen LogP contribution < -0.4 is 25.3 Å². The molecule has 12 nitrogen and oxygen atoms in total. The topological polar surface area (TPSA) is 127 Å². The third-order valence-corrected chi connectivity index (χ3v) is 10.6. The van der Waals surface area contributed by atoms with Crippen LogP contribution in [-0.4, -0.2) is 70.8 Å². The van der Waals surface area contributed by atoms with E-state index in [1.807, 2.05) is 87.6 Å². The van der Waals surface area contributed by atoms with Crippen molar-refractivity contribution in [2.45, 2.75) is 52.7 Å². The van der Waals surface area contributed by atoms with E-state index in [2.05, 4.69) is 63.0 Å². The van der Waals surface area contributed by atoms with Crippen LogP contribution in [0.2, 0.25) is 0 Å². The van der Waals surface area contributed by atoms with E-state index < -0.39 is 0 Å². The van der Waals surface area contributed by atoms with Gasteiger partial charge in [-0.05, 0) is 80.3 Å². The number of carbonyl (C=O) groups is 3. The largest absolute Gasteiger partial charge is 0.378 e. The summed E-state index contributed by atoms with van der Waals surface area (Å²) in [5.41, 5.74) is 7.97. The van der Waals surface area contributed by atoms with Crippen molar-refractivity contribution in [1.29, 1.82) is 0 Å². The highest BCUT2D eigenvalue weighted by molar-refractivity contribution is 6.06. The Hall–Kier alpha value is -6.40. The molecular weight excluding hydrogens is 715 g/mol. The summed E-state index contributed by atoms with van der Waals surface area (Å²) in [5.74, 6) is 1.05. The first-order chi connectivity index (χ1) is 27.4. The molecule has 0 saturated carbocycles. The summed E-state index contributed by atoms with van der Waals surface area (Å²) in [6.07, 6.45) is 5.87. The van der Waals surface area contributed by atoms with E-state index >= 15 is 0 Å². The highest BCUT2D eigenvalue weighted by atomic mass is 16.2. The number of Topliss-reactive ketones (excluding diaryl/α,β-unsaturated/α-hetero) is 1. The standard InChI is InChI=1S/C45H49N9O3/c1-8-20-53-38-22-32(16-19-36(38)41(31-12-10-9-11-13-31)51(6)39(43(53)56)21-28(2)3)40(55)26-47-34-17-14-29(4)37(23-34)54-27-33-24-48-44(50-42(33)52(7)45(54)57)49-35-18-15-30(5)46-25-35/h8-19,22-25,28,39,41,47H,1,20-21,26-27H2,2-7H3,(H,48,49,50)/t39-,41?/m0/s1. The lowest BCUT2D eigenvalue weighted by Crippen LogP contribution is -2.47. The summed E-state index contributed by atoms with van der Waals surface area (Å²) in [6, 6.07) is 24.6. The molecule has 2 aromatic heterocycles. The number of fused-ring (bicyclic) bond motifs is 2. The number of urea groups is 1. The maximum absolute atomic E-state index is 14.3. The minimum atomic E-state index is -0.358. The molecule has 0 radical (unpaired) electrons. The lowest BCUT2D eigenvalue weighted by atomic mass is 9.93. The molecule has 7 rings (SSSR count). The van der Waals surface area contributed by atoms with Gasteiger partial charge >= 0.3 is 6.03 Å². The first-order valence-corrected chi connectivity index (χ1v) is 19.2. The zero-order valence-corrected chi connectivity index (χ0v) is 33.4. The molecule has 1 unspecified atom stereocenters. The molecule has 2 aliphatic heterocycles. The summed E-state index contributed by atoms with van der Waals surface area (Å²) >= 11 is 0. The number of carbonyl (C=O) groups excluding carboxylic acids is 3. The fourth-order valence-corrected chi connectivity index (χ4v) is 7.66. The Labute approximate surface area is 334 Å². The minimum absolute atomic E-state index is 0.00544. The van der Waals surface area contributed by atoms with Gasteiger partial charge in [0, 0.05) is 48.0 Å². The normalized spacial score (nSPS) is 16.9. The van der Waals surface area contributed by atoms with Gasteiger partial charge in [-0.25, -0.2) is 9.78 Å². The maximum atomic E-state index is 14.3. The van der Waals surface area contributed by atoms with Crippen LogP contribution in [0.4, 0.5) is 39.3 Å². The number of pyridine rings is 1. The molecule has 292 valence electrons. The molecule has 3 aromatic carbocycles. The summed E-state index contributed by atoms with van der Waals surface area (Å²) in [7, 11) is 3.71. The molecule has 2 atom stereocenters. The van der Waals surface area contributed by atoms with Crippen LogP contribution in [0.15, 0.2) is 104 Å². The molecule has 0 fully saturated rings. The van der Waals surface area contributed by atoms with Crippen molar-refractivity contribution < 1.29 is 14.4 Å². The third-order valence-electron chi connectivity index (χ3n) is 10.6. The van der Waals surface area contributed by atoms with Gasteiger partial charge in [0.2, 0.25) is 11.9 Å². The predicted molar refractivity (Wildman–Crippen MR) is 227 cm³/mol. The van der Waals surface area contributed by atoms with Crippen molar-refractivity contribution in [2.24, 2.45) is 5.92 Å². The Morgan fingerprint density at radius 2 is 1.70 bits per heavy atom. The summed E-state index contributed by atoms with van der Waals surface area (Å²) in [4.78, 5) is 62.7. The second-order valence-electron chi connectivity index (χ2n) is 15.2. The van der Waals surface area contributed by atoms with Gasteiger partial charge in [-0.3, -0.25) is 29.3 Å². The van der Waals surface area contributed by atoms with Crippen LogP contribution in [-0.2, 0) is 11.3 Å². The molecule has 3 amide bonds. The number of likely N-dealkylation sites (N-methyl/N-ethyl adjacent to an activating group) is 1. The summed E-state index contributed by atoms with van der Waals surface area (Å²) in [5, 5.41) is 6.45. The van der Waals surface area contributed by atoms with Crippen LogP contribution in [0.5, 0.6) is 0 Å². The SMILES string of the molecule is C=CCN1C(=O)[C@H](CC(C)C)N(C)C(c2ccccc2)c2ccc(C(=O)CNc3ccc(C)c(N4Cc5cnc(Nc6ccc(C)nc6)nc5N(C)C4=O)c3)cc21. The Kier molecular flexibility index (Phi) is 11.2. The van der Waals surface area contributed by atoms with Crippen LogP contribution in [0.1, 0.15) is 64.6 Å². The number of hydrogen-bond acceptors (Lipinski definition) is 9. The summed E-state index contributed by atoms with van der Waals surface area (Å²) < 4.78 is 0. The quantitative estimate of drug-likeness (QED) is 0.0959. The van der Waals surface area contributed by atoms with Gasteiger partial charge in [-0.2, -0.15) is 4.98 Å². The van der Waals surface area contributed by atoms with Gasteiger partial charge in [0.1, 0.15) is 5.82 Å². The second-order valence-corrected chi connectivity index (χ2v) is 15.2. The number of ketones is 1. The van der Waals surface area contributed by atoms with Crippen LogP contribution in [0.25, 0.3) is 0 Å². The van der Waals surface area contributed by atoms with Crippen molar-refractivity contribution in [1.82, 2.24) is 19.9 Å². The molecule has 0 spiro atoms. The fourth-order valence-electron chi connectivity index (χ4n) is 7.66. The van der Waals surface area contributed by atoms with Crippen molar-refractivity contribution >= 4 is 52.2 Å². The van der Waals surface area contributed by atoms with Crippen LogP contribution in [0.3, 0.4) is 0 Å². The molecule has 0 bridgehead atoms. The number of nitrogens with zero attached hydrogens (tertiary/aromatic N) is 7. The number of aryl methyl sites for hydroxylation is 2. The predicted octanol–water partition coefficient (Wildman–Crippen LogP) is 8.07. The second kappa shape index (κ2) is 16.4. The Balaban J connectivity index is 1.12. The fraction of sp³-hybridized carbons (Fsp3) is 0.289. The lowest BCUT2D eigenvalue weighted by Gasteiger charge is -2.35. The van der Waals surface area contributed by atoms with Crippen LogP contribution in [0, 0.1) is 19.8 Å². The molecule has 57 heavy (non-hydrogen) atoms. The molecule has 5 aromatic rings. The number of nitrogens with one attached hydrogen (secondary N) is 2. The first kappa shape index (κ1) is 38.9. The maximum Gasteiger partial charge on any atom is 0.330 e. The van der Waals surface area contributed by atoms with Crippen molar-refractivity contribution in [3.63, 3.8) is 0 Å². The molecule has 2 N–H and O–H groups in total. The van der Waals surface area contributed by atoms with E-state index in [9.17, 15) is 14.4 Å². The first-order valence-electron chi connectivity index (χ1n) is 19.2. The van der Waals surface area contributed by atoms with Gasteiger partial charge < -0.3 is 15.5 Å². The number of aromatic nitrogens is 3. The summed E-state index contributed by atoms with van der Waals surface area (Å²) in [6.45, 7) is 12.7. The average Bonchev–Trinajstić information content (AvgIpc) is 3.28. The van der Waals surface area contributed by atoms with Gasteiger partial charge in [-0.15, -0.1) is 6.58 Å². The zero-order valence-electron chi connectivity index (χ0n) is 33.4. The molecule has 4 heterocycles. The van der Waals surface area contributed by atoms with Crippen molar-refractivity contribution in [2.75, 3.05) is 52.5 Å². The number of anilines is 6. The minimum Gasteiger partial charge on any atom is -0.378 e. The highest BCUT2D eigenvalue weighted by Crippen LogP contribution is 2.41. The third kappa shape index (κ3) is 7.99. The van der Waals surface area contributed by atoms with Gasteiger partial charge in [0.25, 0.3) is 0 Å². The van der Waals surface area contributed by atoms with E-state index in [1.165, 1.54) is 4.90 Å². The van der Waals surface area contributed by atoms with Gasteiger partial charge in [0.15, 0.2) is 5.78 Å². The Morgan fingerprint density at radius 1 is 0.930 bits per heavy atom. The van der Waals surface area contributed by atoms with E-state index in [0.717, 1.165) is 33.6 Å². The van der Waals surface area contributed by atoms with Gasteiger partial charge in [0.05, 0.1) is 42.7 Å². The van der Waals surface area contributed by atoms with E-state index in [4.69, 9.17) is 0 Å². The molecule has 0 aliphatic carbocycles. The number of amides is 3.